The molecule has 1 unspecified atom stereocenters. The first-order chi connectivity index (χ1) is 6.97. The number of carboxylic acid groups (broad SMARTS) is 1. The van der Waals surface area contributed by atoms with E-state index in [-0.39, 0.29) is 0 Å². The van der Waals surface area contributed by atoms with E-state index in [4.69, 9.17) is 16.1 Å². The molecule has 0 saturated carbocycles. The van der Waals surface area contributed by atoms with Gasteiger partial charge in [0.05, 0.1) is 11.6 Å². The van der Waals surface area contributed by atoms with Gasteiger partial charge in [-0.1, -0.05) is 0 Å². The van der Waals surface area contributed by atoms with Crippen molar-refractivity contribution < 1.29 is 9.90 Å². The van der Waals surface area contributed by atoms with Gasteiger partial charge in [0.25, 0.3) is 0 Å². The molecule has 1 aromatic rings. The van der Waals surface area contributed by atoms with Crippen LogP contribution in [-0.2, 0) is 4.79 Å². The first-order valence-electron chi connectivity index (χ1n) is 4.47. The number of nitrogens with zero attached hydrogens (tertiary/aromatic N) is 1. The largest absolute Gasteiger partial charge is 0.480 e. The molecule has 0 amide bonds. The van der Waals surface area contributed by atoms with Crippen LogP contribution in [0.2, 0.25) is 0 Å². The van der Waals surface area contributed by atoms with Crippen LogP contribution in [0.4, 0.5) is 0 Å². The van der Waals surface area contributed by atoms with Gasteiger partial charge in [-0.05, 0) is 42.7 Å². The molecule has 15 heavy (non-hydrogen) atoms. The number of carbonyl (C=O) groups is 1. The molecule has 0 fully saturated rings. The van der Waals surface area contributed by atoms with Crippen LogP contribution in [-0.4, -0.2) is 11.1 Å². The van der Waals surface area contributed by atoms with Crippen molar-refractivity contribution in [3.8, 4) is 6.07 Å². The van der Waals surface area contributed by atoms with Crippen molar-refractivity contribution in [1.82, 2.24) is 0 Å². The van der Waals surface area contributed by atoms with E-state index in [1.165, 1.54) is 6.07 Å². The predicted molar refractivity (Wildman–Crippen MR) is 55.2 cm³/mol. The fourth-order valence-electron chi connectivity index (χ4n) is 1.41. The summed E-state index contributed by atoms with van der Waals surface area (Å²) in [6.45, 7) is 3.63. The van der Waals surface area contributed by atoms with Crippen molar-refractivity contribution in [2.75, 3.05) is 0 Å². The lowest BCUT2D eigenvalue weighted by molar-refractivity contribution is -0.138. The van der Waals surface area contributed by atoms with Crippen LogP contribution in [0.1, 0.15) is 28.3 Å². The van der Waals surface area contributed by atoms with Gasteiger partial charge in [0.15, 0.2) is 0 Å². The van der Waals surface area contributed by atoms with Crippen LogP contribution in [0.3, 0.4) is 0 Å². The number of rotatable bonds is 2. The molecular formula is C11H12N2O2. The lowest BCUT2D eigenvalue weighted by Gasteiger charge is -2.12. The normalized spacial score (nSPS) is 11.9. The SMILES string of the molecule is Cc1cc(C#N)cc(C(N)C(=O)O)c1C. The maximum Gasteiger partial charge on any atom is 0.325 e. The first-order valence-corrected chi connectivity index (χ1v) is 4.47. The smallest absolute Gasteiger partial charge is 0.325 e. The summed E-state index contributed by atoms with van der Waals surface area (Å²) >= 11 is 0. The molecule has 1 atom stereocenters. The van der Waals surface area contributed by atoms with Gasteiger partial charge in [-0.25, -0.2) is 0 Å². The summed E-state index contributed by atoms with van der Waals surface area (Å²) in [4.78, 5) is 10.8. The van der Waals surface area contributed by atoms with Gasteiger partial charge in [0.2, 0.25) is 0 Å². The summed E-state index contributed by atoms with van der Waals surface area (Å²) in [6, 6.07) is 4.15. The quantitative estimate of drug-likeness (QED) is 0.759. The summed E-state index contributed by atoms with van der Waals surface area (Å²) in [5.41, 5.74) is 8.16. The standard InChI is InChI=1S/C11H12N2O2/c1-6-3-8(5-12)4-9(7(6)2)10(13)11(14)15/h3-4,10H,13H2,1-2H3,(H,14,15). The van der Waals surface area contributed by atoms with Crippen LogP contribution in [0.25, 0.3) is 0 Å². The fraction of sp³-hybridized carbons (Fsp3) is 0.273. The van der Waals surface area contributed by atoms with E-state index in [0.29, 0.717) is 11.1 Å². The maximum atomic E-state index is 10.8. The molecule has 0 saturated heterocycles. The second-order valence-corrected chi connectivity index (χ2v) is 3.44. The molecule has 4 nitrogen and oxygen atoms in total. The van der Waals surface area contributed by atoms with Crippen molar-refractivity contribution in [2.24, 2.45) is 5.73 Å². The molecule has 0 aliphatic heterocycles. The van der Waals surface area contributed by atoms with Crippen LogP contribution in [0, 0.1) is 25.2 Å². The highest BCUT2D eigenvalue weighted by Crippen LogP contribution is 2.21. The van der Waals surface area contributed by atoms with Crippen molar-refractivity contribution in [3.05, 3.63) is 34.4 Å². The Labute approximate surface area is 87.9 Å². The van der Waals surface area contributed by atoms with Crippen molar-refractivity contribution >= 4 is 5.97 Å². The zero-order chi connectivity index (χ0) is 11.6. The van der Waals surface area contributed by atoms with Crippen molar-refractivity contribution in [2.45, 2.75) is 19.9 Å². The summed E-state index contributed by atoms with van der Waals surface area (Å²) in [7, 11) is 0. The molecule has 3 N–H and O–H groups in total. The third-order valence-corrected chi connectivity index (χ3v) is 2.44. The Bertz CT molecular complexity index is 447. The summed E-state index contributed by atoms with van der Waals surface area (Å²) in [5.74, 6) is -1.09. The number of benzene rings is 1. The minimum absolute atomic E-state index is 0.435. The van der Waals surface area contributed by atoms with E-state index in [0.717, 1.165) is 11.1 Å². The van der Waals surface area contributed by atoms with Crippen LogP contribution in [0.5, 0.6) is 0 Å². The lowest BCUT2D eigenvalue weighted by atomic mass is 9.95. The second kappa shape index (κ2) is 4.11. The number of nitriles is 1. The van der Waals surface area contributed by atoms with Crippen LogP contribution in [0.15, 0.2) is 12.1 Å². The van der Waals surface area contributed by atoms with E-state index < -0.39 is 12.0 Å². The number of carboxylic acids is 1. The Kier molecular flexibility index (Phi) is 3.08. The maximum absolute atomic E-state index is 10.8. The highest BCUT2D eigenvalue weighted by molar-refractivity contribution is 5.76. The zero-order valence-corrected chi connectivity index (χ0v) is 8.61. The average molecular weight is 204 g/mol. The van der Waals surface area contributed by atoms with Gasteiger partial charge in [-0.3, -0.25) is 4.79 Å². The third kappa shape index (κ3) is 2.14. The van der Waals surface area contributed by atoms with Gasteiger partial charge >= 0.3 is 5.97 Å². The molecule has 4 heteroatoms. The number of aryl methyl sites for hydroxylation is 1. The van der Waals surface area contributed by atoms with E-state index in [1.807, 2.05) is 13.0 Å². The first kappa shape index (κ1) is 11.2. The number of nitrogens with two attached hydrogens (primary N) is 1. The second-order valence-electron chi connectivity index (χ2n) is 3.44. The molecule has 0 radical (unpaired) electrons. The molecule has 0 heterocycles. The number of aliphatic carboxylic acids is 1. The molecule has 0 aromatic heterocycles. The highest BCUT2D eigenvalue weighted by atomic mass is 16.4. The predicted octanol–water partition coefficient (Wildman–Crippen LogP) is 1.26. The molecule has 1 rings (SSSR count). The van der Waals surface area contributed by atoms with E-state index in [9.17, 15) is 4.79 Å². The molecule has 78 valence electrons. The summed E-state index contributed by atoms with van der Waals surface area (Å²) in [5, 5.41) is 17.6. The third-order valence-electron chi connectivity index (χ3n) is 2.44. The molecular weight excluding hydrogens is 192 g/mol. The Hall–Kier alpha value is -1.86. The molecule has 0 aliphatic carbocycles. The average Bonchev–Trinajstić information content (AvgIpc) is 2.20. The van der Waals surface area contributed by atoms with Gasteiger partial charge in [0, 0.05) is 0 Å². The van der Waals surface area contributed by atoms with Crippen molar-refractivity contribution in [1.29, 1.82) is 5.26 Å². The van der Waals surface area contributed by atoms with Crippen LogP contribution >= 0.6 is 0 Å². The molecule has 0 aliphatic rings. The Balaban J connectivity index is 3.35. The number of hydrogen-bond acceptors (Lipinski definition) is 3. The van der Waals surface area contributed by atoms with E-state index in [1.54, 1.807) is 13.0 Å². The van der Waals surface area contributed by atoms with Crippen LogP contribution < -0.4 is 5.73 Å². The lowest BCUT2D eigenvalue weighted by Crippen LogP contribution is -2.22. The zero-order valence-electron chi connectivity index (χ0n) is 8.61. The molecule has 1 aromatic carbocycles. The van der Waals surface area contributed by atoms with Gasteiger partial charge in [-0.2, -0.15) is 5.26 Å². The van der Waals surface area contributed by atoms with Crippen molar-refractivity contribution in [3.63, 3.8) is 0 Å². The topological polar surface area (TPSA) is 87.1 Å². The number of hydrogen-bond donors (Lipinski definition) is 2. The summed E-state index contributed by atoms with van der Waals surface area (Å²) < 4.78 is 0. The molecule has 0 spiro atoms. The van der Waals surface area contributed by atoms with Gasteiger partial charge in [0.1, 0.15) is 6.04 Å². The Morgan fingerprint density at radius 1 is 1.53 bits per heavy atom. The van der Waals surface area contributed by atoms with Gasteiger partial charge < -0.3 is 10.8 Å². The van der Waals surface area contributed by atoms with Gasteiger partial charge in [-0.15, -0.1) is 0 Å². The van der Waals surface area contributed by atoms with E-state index >= 15 is 0 Å². The Morgan fingerprint density at radius 3 is 2.60 bits per heavy atom. The minimum atomic E-state index is -1.09. The fourth-order valence-corrected chi connectivity index (χ4v) is 1.41. The highest BCUT2D eigenvalue weighted by Gasteiger charge is 2.18. The summed E-state index contributed by atoms with van der Waals surface area (Å²) in [6.07, 6.45) is 0. The minimum Gasteiger partial charge on any atom is -0.480 e. The monoisotopic (exact) mass is 204 g/mol. The van der Waals surface area contributed by atoms with E-state index in [2.05, 4.69) is 0 Å². The molecule has 0 bridgehead atoms. The Morgan fingerprint density at radius 2 is 2.13 bits per heavy atom.